The van der Waals surface area contributed by atoms with Crippen molar-refractivity contribution in [2.75, 3.05) is 12.3 Å². The Morgan fingerprint density at radius 1 is 1.50 bits per heavy atom. The summed E-state index contributed by atoms with van der Waals surface area (Å²) < 4.78 is 7.15. The van der Waals surface area contributed by atoms with Crippen LogP contribution in [0.15, 0.2) is 18.2 Å². The van der Waals surface area contributed by atoms with Crippen molar-refractivity contribution >= 4 is 11.5 Å². The lowest BCUT2D eigenvalue weighted by atomic mass is 10.1. The molecule has 1 aliphatic heterocycles. The van der Waals surface area contributed by atoms with E-state index in [0.717, 1.165) is 28.9 Å². The van der Waals surface area contributed by atoms with Crippen LogP contribution in [0, 0.1) is 17.0 Å². The van der Waals surface area contributed by atoms with Crippen molar-refractivity contribution in [2.45, 2.75) is 20.0 Å². The predicted octanol–water partition coefficient (Wildman–Crippen LogP) is 1.74. The summed E-state index contributed by atoms with van der Waals surface area (Å²) in [5.41, 5.74) is 9.51. The van der Waals surface area contributed by atoms with Crippen molar-refractivity contribution in [3.8, 4) is 5.69 Å². The molecule has 0 saturated carbocycles. The van der Waals surface area contributed by atoms with Crippen LogP contribution in [-0.4, -0.2) is 21.3 Å². The molecule has 104 valence electrons. The van der Waals surface area contributed by atoms with Gasteiger partial charge < -0.3 is 10.5 Å². The van der Waals surface area contributed by atoms with Crippen molar-refractivity contribution in [1.29, 1.82) is 0 Å². The highest BCUT2D eigenvalue weighted by molar-refractivity contribution is 5.52. The lowest BCUT2D eigenvalue weighted by Crippen LogP contribution is -2.13. The number of nitrogens with two attached hydrogens (primary N) is 1. The molecule has 0 spiro atoms. The van der Waals surface area contributed by atoms with Crippen LogP contribution in [-0.2, 0) is 17.8 Å². The molecule has 2 N–H and O–H groups in total. The molecule has 7 nitrogen and oxygen atoms in total. The summed E-state index contributed by atoms with van der Waals surface area (Å²) in [7, 11) is 0. The Kier molecular flexibility index (Phi) is 2.90. The van der Waals surface area contributed by atoms with Gasteiger partial charge in [-0.2, -0.15) is 5.10 Å². The van der Waals surface area contributed by atoms with Gasteiger partial charge in [0.2, 0.25) is 0 Å². The molecule has 1 aromatic carbocycles. The molecule has 3 rings (SSSR count). The number of aryl methyl sites for hydroxylation is 1. The van der Waals surface area contributed by atoms with Crippen LogP contribution < -0.4 is 5.73 Å². The van der Waals surface area contributed by atoms with Gasteiger partial charge in [-0.1, -0.05) is 0 Å². The Bertz CT molecular complexity index is 693. The Balaban J connectivity index is 2.12. The maximum Gasteiger partial charge on any atom is 0.269 e. The van der Waals surface area contributed by atoms with Crippen LogP contribution in [0.5, 0.6) is 0 Å². The third-order valence-electron chi connectivity index (χ3n) is 3.47. The summed E-state index contributed by atoms with van der Waals surface area (Å²) in [5.74, 6) is 0.456. The van der Waals surface area contributed by atoms with E-state index in [1.807, 2.05) is 6.92 Å². The largest absolute Gasteiger partial charge is 0.382 e. The third kappa shape index (κ3) is 1.92. The first-order valence-corrected chi connectivity index (χ1v) is 6.27. The Morgan fingerprint density at radius 2 is 2.30 bits per heavy atom. The number of ether oxygens (including phenoxy) is 1. The van der Waals surface area contributed by atoms with E-state index >= 15 is 0 Å². The summed E-state index contributed by atoms with van der Waals surface area (Å²) in [6.45, 7) is 2.92. The number of anilines is 1. The Morgan fingerprint density at radius 3 is 3.00 bits per heavy atom. The van der Waals surface area contributed by atoms with Crippen LogP contribution in [0.4, 0.5) is 11.5 Å². The minimum Gasteiger partial charge on any atom is -0.382 e. The Labute approximate surface area is 115 Å². The van der Waals surface area contributed by atoms with Gasteiger partial charge in [0.1, 0.15) is 0 Å². The SMILES string of the molecule is Cc1cc([N+](=O)[O-])ccc1-n1nc(N)c2c1CCOC2. The van der Waals surface area contributed by atoms with Gasteiger partial charge in [-0.15, -0.1) is 0 Å². The van der Waals surface area contributed by atoms with E-state index in [2.05, 4.69) is 5.10 Å². The lowest BCUT2D eigenvalue weighted by Gasteiger charge is -2.15. The van der Waals surface area contributed by atoms with Gasteiger partial charge in [-0.3, -0.25) is 10.1 Å². The number of nitrogen functional groups attached to an aromatic ring is 1. The molecule has 0 amide bonds. The molecule has 1 aromatic heterocycles. The third-order valence-corrected chi connectivity index (χ3v) is 3.47. The number of hydrogen-bond donors (Lipinski definition) is 1. The summed E-state index contributed by atoms with van der Waals surface area (Å²) in [4.78, 5) is 10.4. The molecule has 2 aromatic rings. The smallest absolute Gasteiger partial charge is 0.269 e. The number of fused-ring (bicyclic) bond motifs is 1. The van der Waals surface area contributed by atoms with E-state index < -0.39 is 4.92 Å². The van der Waals surface area contributed by atoms with Crippen molar-refractivity contribution in [3.63, 3.8) is 0 Å². The number of nitrogens with zero attached hydrogens (tertiary/aromatic N) is 3. The fourth-order valence-corrected chi connectivity index (χ4v) is 2.45. The minimum absolute atomic E-state index is 0.0728. The molecular formula is C13H14N4O3. The van der Waals surface area contributed by atoms with Crippen molar-refractivity contribution in [1.82, 2.24) is 9.78 Å². The molecule has 7 heteroatoms. The van der Waals surface area contributed by atoms with Crippen molar-refractivity contribution in [2.24, 2.45) is 0 Å². The van der Waals surface area contributed by atoms with Crippen LogP contribution >= 0.6 is 0 Å². The maximum absolute atomic E-state index is 10.8. The van der Waals surface area contributed by atoms with E-state index in [4.69, 9.17) is 10.5 Å². The topological polar surface area (TPSA) is 96.2 Å². The average Bonchev–Trinajstić information content (AvgIpc) is 2.76. The summed E-state index contributed by atoms with van der Waals surface area (Å²) in [6.07, 6.45) is 0.732. The number of rotatable bonds is 2. The molecule has 0 aliphatic carbocycles. The predicted molar refractivity (Wildman–Crippen MR) is 72.7 cm³/mol. The normalized spacial score (nSPS) is 14.1. The summed E-state index contributed by atoms with van der Waals surface area (Å²) >= 11 is 0. The maximum atomic E-state index is 10.8. The molecule has 20 heavy (non-hydrogen) atoms. The number of hydrogen-bond acceptors (Lipinski definition) is 5. The first-order valence-electron chi connectivity index (χ1n) is 6.27. The van der Waals surface area contributed by atoms with E-state index in [0.29, 0.717) is 19.0 Å². The molecule has 0 atom stereocenters. The van der Waals surface area contributed by atoms with Gasteiger partial charge in [0, 0.05) is 24.1 Å². The standard InChI is InChI=1S/C13H14N4O3/c1-8-6-9(17(18)19)2-3-11(8)16-12-4-5-20-7-10(12)13(14)15-16/h2-3,6H,4-5,7H2,1H3,(H2,14,15). The molecule has 2 heterocycles. The second-order valence-electron chi connectivity index (χ2n) is 4.75. The zero-order chi connectivity index (χ0) is 14.3. The zero-order valence-electron chi connectivity index (χ0n) is 11.0. The highest BCUT2D eigenvalue weighted by atomic mass is 16.6. The van der Waals surface area contributed by atoms with Gasteiger partial charge in [-0.25, -0.2) is 4.68 Å². The monoisotopic (exact) mass is 274 g/mol. The van der Waals surface area contributed by atoms with Crippen LogP contribution in [0.1, 0.15) is 16.8 Å². The van der Waals surface area contributed by atoms with Crippen LogP contribution in [0.3, 0.4) is 0 Å². The van der Waals surface area contributed by atoms with E-state index in [1.165, 1.54) is 6.07 Å². The molecule has 0 bridgehead atoms. The zero-order valence-corrected chi connectivity index (χ0v) is 11.0. The van der Waals surface area contributed by atoms with Gasteiger partial charge >= 0.3 is 0 Å². The van der Waals surface area contributed by atoms with Gasteiger partial charge in [0.05, 0.1) is 29.5 Å². The molecule has 0 fully saturated rings. The molecule has 0 radical (unpaired) electrons. The van der Waals surface area contributed by atoms with Crippen molar-refractivity contribution < 1.29 is 9.66 Å². The number of nitro benzene ring substituents is 1. The quantitative estimate of drug-likeness (QED) is 0.664. The fourth-order valence-electron chi connectivity index (χ4n) is 2.45. The van der Waals surface area contributed by atoms with E-state index in [9.17, 15) is 10.1 Å². The van der Waals surface area contributed by atoms with E-state index in [1.54, 1.807) is 16.8 Å². The molecule has 0 saturated heterocycles. The van der Waals surface area contributed by atoms with E-state index in [-0.39, 0.29) is 5.69 Å². The highest BCUT2D eigenvalue weighted by Crippen LogP contribution is 2.28. The highest BCUT2D eigenvalue weighted by Gasteiger charge is 2.21. The first kappa shape index (κ1) is 12.6. The van der Waals surface area contributed by atoms with Gasteiger partial charge in [0.15, 0.2) is 5.82 Å². The second kappa shape index (κ2) is 4.61. The summed E-state index contributed by atoms with van der Waals surface area (Å²) in [6, 6.07) is 4.72. The molecule has 1 aliphatic rings. The van der Waals surface area contributed by atoms with Crippen LogP contribution in [0.2, 0.25) is 0 Å². The van der Waals surface area contributed by atoms with Crippen molar-refractivity contribution in [3.05, 3.63) is 45.1 Å². The van der Waals surface area contributed by atoms with Crippen LogP contribution in [0.25, 0.3) is 5.69 Å². The lowest BCUT2D eigenvalue weighted by molar-refractivity contribution is -0.384. The summed E-state index contributed by atoms with van der Waals surface area (Å²) in [5, 5.41) is 15.1. The number of benzene rings is 1. The number of nitro groups is 1. The average molecular weight is 274 g/mol. The molecule has 0 unspecified atom stereocenters. The number of aromatic nitrogens is 2. The second-order valence-corrected chi connectivity index (χ2v) is 4.75. The fraction of sp³-hybridized carbons (Fsp3) is 0.308. The van der Waals surface area contributed by atoms with Gasteiger partial charge in [-0.05, 0) is 18.6 Å². The van der Waals surface area contributed by atoms with Gasteiger partial charge in [0.25, 0.3) is 5.69 Å². The first-order chi connectivity index (χ1) is 9.58. The number of non-ortho nitro benzene ring substituents is 1. The molecular weight excluding hydrogens is 260 g/mol. The minimum atomic E-state index is -0.405. The Hall–Kier alpha value is -2.41.